The van der Waals surface area contributed by atoms with E-state index in [1.54, 1.807) is 0 Å². The molecule has 0 amide bonds. The Balaban J connectivity index is 1.64. The van der Waals surface area contributed by atoms with Gasteiger partial charge in [0.1, 0.15) is 18.6 Å². The number of fused-ring (bicyclic) bond motifs is 1. The molecule has 1 aliphatic rings. The van der Waals surface area contributed by atoms with E-state index in [0.29, 0.717) is 6.61 Å². The van der Waals surface area contributed by atoms with E-state index in [1.165, 1.54) is 11.1 Å². The van der Waals surface area contributed by atoms with Crippen molar-refractivity contribution in [3.05, 3.63) is 95.6 Å². The molecule has 1 heterocycles. The molecule has 2 heteroatoms. The average molecular weight is 326 g/mol. The second-order valence-corrected chi connectivity index (χ2v) is 6.15. The summed E-state index contributed by atoms with van der Waals surface area (Å²) in [6.45, 7) is 0.445. The summed E-state index contributed by atoms with van der Waals surface area (Å²) in [5.41, 5.74) is 5.38. The number of benzene rings is 3. The van der Waals surface area contributed by atoms with Crippen LogP contribution in [0.25, 0.3) is 17.2 Å². The van der Waals surface area contributed by atoms with Crippen molar-refractivity contribution in [2.45, 2.75) is 5.92 Å². The van der Waals surface area contributed by atoms with Gasteiger partial charge < -0.3 is 9.53 Å². The maximum Gasteiger partial charge on any atom is 0.131 e. The lowest BCUT2D eigenvalue weighted by Crippen LogP contribution is -2.18. The van der Waals surface area contributed by atoms with Gasteiger partial charge in [0.15, 0.2) is 0 Å². The fourth-order valence-electron chi connectivity index (χ4n) is 3.23. The summed E-state index contributed by atoms with van der Waals surface area (Å²) in [5.74, 6) is 0.565. The van der Waals surface area contributed by atoms with Crippen molar-refractivity contribution >= 4 is 12.4 Å². The minimum absolute atomic E-state index is 0.237. The van der Waals surface area contributed by atoms with Gasteiger partial charge in [0, 0.05) is 5.56 Å². The summed E-state index contributed by atoms with van der Waals surface area (Å²) in [6.07, 6.45) is 3.06. The fraction of sp³-hybridized carbons (Fsp3) is 0.0870. The summed E-state index contributed by atoms with van der Waals surface area (Å²) in [4.78, 5) is 11.7. The minimum atomic E-state index is -0.237. The number of rotatable bonds is 3. The average Bonchev–Trinajstić information content (AvgIpc) is 2.69. The molecule has 0 aliphatic carbocycles. The second kappa shape index (κ2) is 6.78. The Hall–Kier alpha value is -3.13. The normalized spacial score (nSPS) is 17.6. The first-order valence-corrected chi connectivity index (χ1v) is 8.38. The fourth-order valence-corrected chi connectivity index (χ4v) is 3.23. The van der Waals surface area contributed by atoms with E-state index in [1.807, 2.05) is 42.5 Å². The van der Waals surface area contributed by atoms with Crippen LogP contribution in [0.3, 0.4) is 0 Å². The van der Waals surface area contributed by atoms with Crippen LogP contribution in [0.4, 0.5) is 0 Å². The van der Waals surface area contributed by atoms with Crippen LogP contribution in [0, 0.1) is 0 Å². The molecule has 0 bridgehead atoms. The summed E-state index contributed by atoms with van der Waals surface area (Å²) in [6, 6.07) is 26.4. The van der Waals surface area contributed by atoms with Gasteiger partial charge in [-0.15, -0.1) is 0 Å². The molecule has 0 radical (unpaired) electrons. The van der Waals surface area contributed by atoms with Crippen molar-refractivity contribution < 1.29 is 9.53 Å². The third kappa shape index (κ3) is 3.11. The summed E-state index contributed by atoms with van der Waals surface area (Å²) in [7, 11) is 0. The number of ether oxygens (including phenoxy) is 1. The highest BCUT2D eigenvalue weighted by atomic mass is 16.5. The van der Waals surface area contributed by atoms with Crippen LogP contribution in [-0.4, -0.2) is 12.9 Å². The number of hydrogen-bond donors (Lipinski definition) is 0. The molecular weight excluding hydrogens is 308 g/mol. The molecule has 0 spiro atoms. The standard InChI is InChI=1S/C23H18O2/c24-15-22-20(16-25-23-9-5-4-8-21(22)23)14-17-10-12-19(13-11-17)18-6-2-1-3-7-18/h1-15,22H,16H2. The summed E-state index contributed by atoms with van der Waals surface area (Å²) >= 11 is 0. The van der Waals surface area contributed by atoms with E-state index in [-0.39, 0.29) is 5.92 Å². The van der Waals surface area contributed by atoms with Crippen LogP contribution in [0.2, 0.25) is 0 Å². The molecule has 1 unspecified atom stereocenters. The SMILES string of the molecule is O=CC1C(=Cc2ccc(-c3ccccc3)cc2)COc2ccccc21. The highest BCUT2D eigenvalue weighted by molar-refractivity contribution is 5.75. The van der Waals surface area contributed by atoms with E-state index in [4.69, 9.17) is 4.74 Å². The molecule has 3 aromatic rings. The van der Waals surface area contributed by atoms with Gasteiger partial charge in [-0.05, 0) is 28.3 Å². The molecule has 0 N–H and O–H groups in total. The Bertz CT molecular complexity index is 908. The predicted octanol–water partition coefficient (Wildman–Crippen LogP) is 5.11. The van der Waals surface area contributed by atoms with Gasteiger partial charge in [0.05, 0.1) is 5.92 Å². The zero-order chi connectivity index (χ0) is 17.1. The lowest BCUT2D eigenvalue weighted by molar-refractivity contribution is -0.108. The molecular formula is C23H18O2. The quantitative estimate of drug-likeness (QED) is 0.625. The number of carbonyl (C=O) groups excluding carboxylic acids is 1. The van der Waals surface area contributed by atoms with Crippen LogP contribution in [0.1, 0.15) is 17.0 Å². The van der Waals surface area contributed by atoms with Gasteiger partial charge in [0.25, 0.3) is 0 Å². The monoisotopic (exact) mass is 326 g/mol. The molecule has 0 fully saturated rings. The maximum absolute atomic E-state index is 11.7. The van der Waals surface area contributed by atoms with Crippen LogP contribution in [0.5, 0.6) is 5.75 Å². The Morgan fingerprint density at radius 2 is 1.48 bits per heavy atom. The topological polar surface area (TPSA) is 26.3 Å². The van der Waals surface area contributed by atoms with E-state index in [9.17, 15) is 4.79 Å². The van der Waals surface area contributed by atoms with Crippen molar-refractivity contribution in [1.82, 2.24) is 0 Å². The van der Waals surface area contributed by atoms with Crippen molar-refractivity contribution in [2.24, 2.45) is 0 Å². The Labute approximate surface area is 147 Å². The molecule has 0 aromatic heterocycles. The molecule has 4 rings (SSSR count). The number of aldehydes is 1. The van der Waals surface area contributed by atoms with Gasteiger partial charge in [-0.3, -0.25) is 0 Å². The Morgan fingerprint density at radius 1 is 0.800 bits per heavy atom. The zero-order valence-corrected chi connectivity index (χ0v) is 13.8. The molecule has 2 nitrogen and oxygen atoms in total. The van der Waals surface area contributed by atoms with Crippen molar-refractivity contribution in [3.63, 3.8) is 0 Å². The highest BCUT2D eigenvalue weighted by Gasteiger charge is 2.24. The van der Waals surface area contributed by atoms with Crippen molar-refractivity contribution in [1.29, 1.82) is 0 Å². The molecule has 0 saturated carbocycles. The van der Waals surface area contributed by atoms with E-state index in [2.05, 4.69) is 42.5 Å². The van der Waals surface area contributed by atoms with Crippen molar-refractivity contribution in [3.8, 4) is 16.9 Å². The van der Waals surface area contributed by atoms with Crippen molar-refractivity contribution in [2.75, 3.05) is 6.61 Å². The third-order valence-corrected chi connectivity index (χ3v) is 4.55. The number of carbonyl (C=O) groups is 1. The first-order valence-electron chi connectivity index (χ1n) is 8.38. The van der Waals surface area contributed by atoms with Gasteiger partial charge in [0.2, 0.25) is 0 Å². The smallest absolute Gasteiger partial charge is 0.131 e. The Kier molecular flexibility index (Phi) is 4.17. The van der Waals surface area contributed by atoms with E-state index in [0.717, 1.165) is 28.7 Å². The minimum Gasteiger partial charge on any atom is -0.489 e. The van der Waals surface area contributed by atoms with Gasteiger partial charge >= 0.3 is 0 Å². The van der Waals surface area contributed by atoms with Crippen LogP contribution in [0.15, 0.2) is 84.4 Å². The van der Waals surface area contributed by atoms with Gasteiger partial charge in [-0.2, -0.15) is 0 Å². The summed E-state index contributed by atoms with van der Waals surface area (Å²) < 4.78 is 5.81. The maximum atomic E-state index is 11.7. The van der Waals surface area contributed by atoms with Crippen LogP contribution >= 0.6 is 0 Å². The van der Waals surface area contributed by atoms with Crippen LogP contribution in [-0.2, 0) is 4.79 Å². The second-order valence-electron chi connectivity index (χ2n) is 6.15. The predicted molar refractivity (Wildman–Crippen MR) is 101 cm³/mol. The highest BCUT2D eigenvalue weighted by Crippen LogP contribution is 2.36. The van der Waals surface area contributed by atoms with E-state index >= 15 is 0 Å². The largest absolute Gasteiger partial charge is 0.489 e. The number of para-hydroxylation sites is 1. The lowest BCUT2D eigenvalue weighted by Gasteiger charge is -2.25. The zero-order valence-electron chi connectivity index (χ0n) is 13.8. The van der Waals surface area contributed by atoms with Gasteiger partial charge in [-0.25, -0.2) is 0 Å². The molecule has 0 saturated heterocycles. The van der Waals surface area contributed by atoms with Gasteiger partial charge in [-0.1, -0.05) is 78.9 Å². The number of hydrogen-bond acceptors (Lipinski definition) is 2. The molecule has 1 atom stereocenters. The Morgan fingerprint density at radius 3 is 2.24 bits per heavy atom. The van der Waals surface area contributed by atoms with E-state index < -0.39 is 0 Å². The molecule has 3 aromatic carbocycles. The lowest BCUT2D eigenvalue weighted by atomic mass is 9.88. The third-order valence-electron chi connectivity index (χ3n) is 4.55. The molecule has 25 heavy (non-hydrogen) atoms. The first kappa shape index (κ1) is 15.4. The molecule has 1 aliphatic heterocycles. The van der Waals surface area contributed by atoms with Crippen LogP contribution < -0.4 is 4.74 Å². The first-order chi connectivity index (χ1) is 12.3. The summed E-state index contributed by atoms with van der Waals surface area (Å²) in [5, 5.41) is 0. The molecule has 122 valence electrons.